The van der Waals surface area contributed by atoms with E-state index in [0.29, 0.717) is 6.04 Å². The second-order valence-corrected chi connectivity index (χ2v) is 6.51. The second kappa shape index (κ2) is 8.23. The zero-order valence-electron chi connectivity index (χ0n) is 12.8. The molecule has 1 aliphatic heterocycles. The molecule has 0 bridgehead atoms. The molecule has 2 aliphatic rings. The monoisotopic (exact) mass is 267 g/mol. The standard InChI is InChI=1S/C16H33N3/c1-2-8-18-9-11-19(12-10-18)16(14-17)13-15-6-4-3-5-7-15/h15-16H,2-14,17H2,1H3. The van der Waals surface area contributed by atoms with Crippen LogP contribution in [0.1, 0.15) is 51.9 Å². The van der Waals surface area contributed by atoms with Crippen molar-refractivity contribution in [2.75, 3.05) is 39.3 Å². The van der Waals surface area contributed by atoms with Crippen LogP contribution in [0.5, 0.6) is 0 Å². The van der Waals surface area contributed by atoms with Crippen molar-refractivity contribution < 1.29 is 0 Å². The van der Waals surface area contributed by atoms with Crippen LogP contribution in [-0.4, -0.2) is 55.1 Å². The van der Waals surface area contributed by atoms with E-state index in [1.54, 1.807) is 0 Å². The molecule has 0 amide bonds. The van der Waals surface area contributed by atoms with Gasteiger partial charge in [0.2, 0.25) is 0 Å². The molecule has 1 saturated heterocycles. The zero-order valence-corrected chi connectivity index (χ0v) is 12.8. The lowest BCUT2D eigenvalue weighted by Gasteiger charge is -2.40. The Morgan fingerprint density at radius 2 is 1.74 bits per heavy atom. The fraction of sp³-hybridized carbons (Fsp3) is 1.00. The van der Waals surface area contributed by atoms with Crippen molar-refractivity contribution in [1.82, 2.24) is 9.80 Å². The van der Waals surface area contributed by atoms with E-state index in [9.17, 15) is 0 Å². The van der Waals surface area contributed by atoms with Crippen LogP contribution < -0.4 is 5.73 Å². The molecule has 1 heterocycles. The van der Waals surface area contributed by atoms with Gasteiger partial charge in [-0.15, -0.1) is 0 Å². The molecule has 19 heavy (non-hydrogen) atoms. The average molecular weight is 267 g/mol. The minimum absolute atomic E-state index is 0.645. The lowest BCUT2D eigenvalue weighted by molar-refractivity contribution is 0.0839. The van der Waals surface area contributed by atoms with Gasteiger partial charge in [0.15, 0.2) is 0 Å². The Bertz CT molecular complexity index is 230. The highest BCUT2D eigenvalue weighted by Crippen LogP contribution is 2.28. The maximum absolute atomic E-state index is 6.06. The predicted molar refractivity (Wildman–Crippen MR) is 82.3 cm³/mol. The van der Waals surface area contributed by atoms with Gasteiger partial charge in [0.05, 0.1) is 0 Å². The first-order chi connectivity index (χ1) is 9.33. The zero-order chi connectivity index (χ0) is 13.5. The van der Waals surface area contributed by atoms with Gasteiger partial charge in [-0.05, 0) is 25.3 Å². The van der Waals surface area contributed by atoms with E-state index in [4.69, 9.17) is 5.73 Å². The van der Waals surface area contributed by atoms with Crippen LogP contribution in [-0.2, 0) is 0 Å². The van der Waals surface area contributed by atoms with Gasteiger partial charge >= 0.3 is 0 Å². The normalized spacial score (nSPS) is 25.6. The molecule has 2 fully saturated rings. The number of piperazine rings is 1. The topological polar surface area (TPSA) is 32.5 Å². The van der Waals surface area contributed by atoms with E-state index < -0.39 is 0 Å². The van der Waals surface area contributed by atoms with Gasteiger partial charge in [0.1, 0.15) is 0 Å². The molecular formula is C16H33N3. The van der Waals surface area contributed by atoms with Crippen molar-refractivity contribution >= 4 is 0 Å². The summed E-state index contributed by atoms with van der Waals surface area (Å²) in [6.45, 7) is 9.35. The van der Waals surface area contributed by atoms with Crippen LogP contribution in [0.25, 0.3) is 0 Å². The van der Waals surface area contributed by atoms with E-state index in [-0.39, 0.29) is 0 Å². The summed E-state index contributed by atoms with van der Waals surface area (Å²) in [6, 6.07) is 0.645. The van der Waals surface area contributed by atoms with Crippen LogP contribution in [0, 0.1) is 5.92 Å². The lowest BCUT2D eigenvalue weighted by Crippen LogP contribution is -2.52. The average Bonchev–Trinajstić information content (AvgIpc) is 2.47. The van der Waals surface area contributed by atoms with E-state index in [1.165, 1.54) is 77.7 Å². The lowest BCUT2D eigenvalue weighted by atomic mass is 9.84. The van der Waals surface area contributed by atoms with Gasteiger partial charge in [0, 0.05) is 38.8 Å². The molecule has 0 spiro atoms. The largest absolute Gasteiger partial charge is 0.329 e. The predicted octanol–water partition coefficient (Wildman–Crippen LogP) is 2.31. The summed E-state index contributed by atoms with van der Waals surface area (Å²) < 4.78 is 0. The number of rotatable bonds is 6. The highest BCUT2D eigenvalue weighted by Gasteiger charge is 2.25. The third kappa shape index (κ3) is 4.73. The Balaban J connectivity index is 1.75. The summed E-state index contributed by atoms with van der Waals surface area (Å²) in [5.74, 6) is 0.955. The third-order valence-electron chi connectivity index (χ3n) is 5.07. The van der Waals surface area contributed by atoms with E-state index in [2.05, 4.69) is 16.7 Å². The second-order valence-electron chi connectivity index (χ2n) is 6.51. The number of nitrogens with zero attached hydrogens (tertiary/aromatic N) is 2. The molecule has 0 aromatic rings. The van der Waals surface area contributed by atoms with Crippen molar-refractivity contribution in [1.29, 1.82) is 0 Å². The van der Waals surface area contributed by atoms with Gasteiger partial charge < -0.3 is 10.6 Å². The quantitative estimate of drug-likeness (QED) is 0.801. The summed E-state index contributed by atoms with van der Waals surface area (Å²) in [6.07, 6.45) is 9.89. The highest BCUT2D eigenvalue weighted by molar-refractivity contribution is 4.82. The fourth-order valence-corrected chi connectivity index (χ4v) is 3.87. The van der Waals surface area contributed by atoms with Crippen LogP contribution in [0.2, 0.25) is 0 Å². The maximum Gasteiger partial charge on any atom is 0.0222 e. The Morgan fingerprint density at radius 1 is 1.05 bits per heavy atom. The molecule has 2 rings (SSSR count). The van der Waals surface area contributed by atoms with Crippen molar-refractivity contribution in [3.05, 3.63) is 0 Å². The Hall–Kier alpha value is -0.120. The molecule has 1 atom stereocenters. The molecule has 3 heteroatoms. The van der Waals surface area contributed by atoms with Crippen LogP contribution in [0.15, 0.2) is 0 Å². The first-order valence-corrected chi connectivity index (χ1v) is 8.50. The molecule has 0 radical (unpaired) electrons. The minimum atomic E-state index is 0.645. The summed E-state index contributed by atoms with van der Waals surface area (Å²) in [5, 5.41) is 0. The van der Waals surface area contributed by atoms with E-state index in [1.807, 2.05) is 0 Å². The maximum atomic E-state index is 6.06. The molecule has 0 aromatic heterocycles. The molecular weight excluding hydrogens is 234 g/mol. The van der Waals surface area contributed by atoms with Gasteiger partial charge in [-0.1, -0.05) is 39.0 Å². The van der Waals surface area contributed by atoms with Crippen molar-refractivity contribution in [2.45, 2.75) is 57.9 Å². The van der Waals surface area contributed by atoms with E-state index in [0.717, 1.165) is 12.5 Å². The molecule has 3 nitrogen and oxygen atoms in total. The Labute approximate surface area is 119 Å². The highest BCUT2D eigenvalue weighted by atomic mass is 15.3. The van der Waals surface area contributed by atoms with Gasteiger partial charge in [-0.3, -0.25) is 4.90 Å². The van der Waals surface area contributed by atoms with Crippen molar-refractivity contribution in [2.24, 2.45) is 11.7 Å². The Morgan fingerprint density at radius 3 is 2.32 bits per heavy atom. The van der Waals surface area contributed by atoms with E-state index >= 15 is 0 Å². The molecule has 112 valence electrons. The van der Waals surface area contributed by atoms with Gasteiger partial charge in [-0.2, -0.15) is 0 Å². The van der Waals surface area contributed by atoms with Gasteiger partial charge in [0.25, 0.3) is 0 Å². The molecule has 1 unspecified atom stereocenters. The first kappa shape index (κ1) is 15.3. The smallest absolute Gasteiger partial charge is 0.0222 e. The number of hydrogen-bond donors (Lipinski definition) is 1. The molecule has 0 aromatic carbocycles. The van der Waals surface area contributed by atoms with Crippen LogP contribution in [0.4, 0.5) is 0 Å². The number of hydrogen-bond acceptors (Lipinski definition) is 3. The minimum Gasteiger partial charge on any atom is -0.329 e. The van der Waals surface area contributed by atoms with Gasteiger partial charge in [-0.25, -0.2) is 0 Å². The van der Waals surface area contributed by atoms with Crippen LogP contribution >= 0.6 is 0 Å². The van der Waals surface area contributed by atoms with Crippen molar-refractivity contribution in [3.63, 3.8) is 0 Å². The van der Waals surface area contributed by atoms with Crippen molar-refractivity contribution in [3.8, 4) is 0 Å². The van der Waals surface area contributed by atoms with Crippen LogP contribution in [0.3, 0.4) is 0 Å². The molecule has 2 N–H and O–H groups in total. The summed E-state index contributed by atoms with van der Waals surface area (Å²) in [7, 11) is 0. The summed E-state index contributed by atoms with van der Waals surface area (Å²) >= 11 is 0. The SMILES string of the molecule is CCCN1CCN(C(CN)CC2CCCCC2)CC1. The number of nitrogens with two attached hydrogens (primary N) is 1. The Kier molecular flexibility index (Phi) is 6.62. The summed E-state index contributed by atoms with van der Waals surface area (Å²) in [4.78, 5) is 5.27. The third-order valence-corrected chi connectivity index (χ3v) is 5.07. The molecule has 1 saturated carbocycles. The summed E-state index contributed by atoms with van der Waals surface area (Å²) in [5.41, 5.74) is 6.06. The molecule has 1 aliphatic carbocycles. The fourth-order valence-electron chi connectivity index (χ4n) is 3.87. The first-order valence-electron chi connectivity index (χ1n) is 8.50.